The van der Waals surface area contributed by atoms with Gasteiger partial charge in [-0.2, -0.15) is 0 Å². The number of benzene rings is 1. The van der Waals surface area contributed by atoms with E-state index in [2.05, 4.69) is 31.9 Å². The summed E-state index contributed by atoms with van der Waals surface area (Å²) in [7, 11) is 0. The fourth-order valence-electron chi connectivity index (χ4n) is 1.95. The zero-order valence-electron chi connectivity index (χ0n) is 12.6. The molecule has 23 heavy (non-hydrogen) atoms. The third-order valence-corrected chi connectivity index (χ3v) is 3.63. The number of carbonyl (C=O) groups is 2. The van der Waals surface area contributed by atoms with Gasteiger partial charge in [0.2, 0.25) is 0 Å². The maximum atomic E-state index is 11.8. The van der Waals surface area contributed by atoms with Gasteiger partial charge < -0.3 is 20.4 Å². The molecule has 0 bridgehead atoms. The van der Waals surface area contributed by atoms with E-state index in [1.807, 2.05) is 31.2 Å². The zero-order chi connectivity index (χ0) is 16.7. The van der Waals surface area contributed by atoms with Crippen LogP contribution in [-0.4, -0.2) is 25.0 Å². The molecule has 1 aromatic carbocycles. The first kappa shape index (κ1) is 17.1. The predicted octanol–water partition coefficient (Wildman–Crippen LogP) is 2.83. The number of nitrogens with one attached hydrogen (secondary N) is 3. The minimum absolute atomic E-state index is 0.120. The third-order valence-electron chi connectivity index (χ3n) is 3.14. The lowest BCUT2D eigenvalue weighted by molar-refractivity contribution is 0.0926. The van der Waals surface area contributed by atoms with E-state index < -0.39 is 0 Å². The number of urea groups is 1. The average Bonchev–Trinajstić information content (AvgIpc) is 3.06. The van der Waals surface area contributed by atoms with E-state index in [9.17, 15) is 9.59 Å². The van der Waals surface area contributed by atoms with Crippen molar-refractivity contribution in [3.8, 4) is 0 Å². The maximum absolute atomic E-state index is 11.8. The van der Waals surface area contributed by atoms with Crippen LogP contribution in [0.2, 0.25) is 0 Å². The molecule has 7 heteroatoms. The van der Waals surface area contributed by atoms with E-state index in [0.717, 1.165) is 10.0 Å². The lowest BCUT2D eigenvalue weighted by Crippen LogP contribution is -2.41. The van der Waals surface area contributed by atoms with E-state index in [-0.39, 0.29) is 23.7 Å². The van der Waals surface area contributed by atoms with Crippen LogP contribution in [0.4, 0.5) is 4.79 Å². The first-order valence-corrected chi connectivity index (χ1v) is 7.97. The van der Waals surface area contributed by atoms with Crippen LogP contribution >= 0.6 is 15.9 Å². The van der Waals surface area contributed by atoms with Gasteiger partial charge in [0.15, 0.2) is 5.76 Å². The molecule has 1 atom stereocenters. The van der Waals surface area contributed by atoms with Crippen LogP contribution < -0.4 is 16.0 Å². The minimum atomic E-state index is -0.306. The Morgan fingerprint density at radius 2 is 1.96 bits per heavy atom. The summed E-state index contributed by atoms with van der Waals surface area (Å²) < 4.78 is 5.93. The van der Waals surface area contributed by atoms with E-state index in [1.54, 1.807) is 12.1 Å². The quantitative estimate of drug-likeness (QED) is 0.674. The van der Waals surface area contributed by atoms with E-state index in [0.29, 0.717) is 13.1 Å². The Bertz CT molecular complexity index is 658. The van der Waals surface area contributed by atoms with E-state index in [4.69, 9.17) is 4.42 Å². The summed E-state index contributed by atoms with van der Waals surface area (Å²) in [6.07, 6.45) is 1.43. The number of rotatable bonds is 6. The van der Waals surface area contributed by atoms with Gasteiger partial charge >= 0.3 is 6.03 Å². The van der Waals surface area contributed by atoms with Crippen molar-refractivity contribution in [2.24, 2.45) is 0 Å². The highest BCUT2D eigenvalue weighted by atomic mass is 79.9. The molecule has 6 nitrogen and oxygen atoms in total. The van der Waals surface area contributed by atoms with Gasteiger partial charge in [-0.15, -0.1) is 0 Å². The summed E-state index contributed by atoms with van der Waals surface area (Å²) in [6, 6.07) is 10.6. The van der Waals surface area contributed by atoms with Gasteiger partial charge in [0, 0.05) is 17.6 Å². The second kappa shape index (κ2) is 8.38. The standard InChI is InChI=1S/C16H18BrN3O3/c1-11(12-4-2-5-13(17)10-12)20-16(22)19-8-7-18-15(21)14-6-3-9-23-14/h2-6,9-11H,7-8H2,1H3,(H,18,21)(H2,19,20,22). The Balaban J connectivity index is 1.68. The third kappa shape index (κ3) is 5.45. The van der Waals surface area contributed by atoms with Crippen LogP contribution in [0.3, 0.4) is 0 Å². The molecule has 2 rings (SSSR count). The monoisotopic (exact) mass is 379 g/mol. The highest BCUT2D eigenvalue weighted by Crippen LogP contribution is 2.17. The van der Waals surface area contributed by atoms with Crippen molar-refractivity contribution in [3.05, 3.63) is 58.5 Å². The van der Waals surface area contributed by atoms with Gasteiger partial charge in [-0.1, -0.05) is 28.1 Å². The predicted molar refractivity (Wildman–Crippen MR) is 90.1 cm³/mol. The highest BCUT2D eigenvalue weighted by molar-refractivity contribution is 9.10. The molecule has 0 saturated heterocycles. The second-order valence-electron chi connectivity index (χ2n) is 4.91. The number of hydrogen-bond donors (Lipinski definition) is 3. The van der Waals surface area contributed by atoms with Crippen LogP contribution in [0.5, 0.6) is 0 Å². The molecule has 1 unspecified atom stereocenters. The van der Waals surface area contributed by atoms with Crippen molar-refractivity contribution in [1.82, 2.24) is 16.0 Å². The van der Waals surface area contributed by atoms with Crippen LogP contribution in [-0.2, 0) is 0 Å². The number of hydrogen-bond acceptors (Lipinski definition) is 3. The lowest BCUT2D eigenvalue weighted by Gasteiger charge is -2.15. The normalized spacial score (nSPS) is 11.6. The molecular formula is C16H18BrN3O3. The maximum Gasteiger partial charge on any atom is 0.315 e. The molecule has 0 fully saturated rings. The van der Waals surface area contributed by atoms with Crippen molar-refractivity contribution < 1.29 is 14.0 Å². The Labute approximate surface area is 142 Å². The summed E-state index contributed by atoms with van der Waals surface area (Å²) in [5.74, 6) is -0.0579. The van der Waals surface area contributed by atoms with Gasteiger partial charge in [0.05, 0.1) is 12.3 Å². The lowest BCUT2D eigenvalue weighted by atomic mass is 10.1. The largest absolute Gasteiger partial charge is 0.459 e. The molecular weight excluding hydrogens is 362 g/mol. The molecule has 3 N–H and O–H groups in total. The second-order valence-corrected chi connectivity index (χ2v) is 5.83. The molecule has 1 heterocycles. The molecule has 0 radical (unpaired) electrons. The molecule has 2 aromatic rings. The highest BCUT2D eigenvalue weighted by Gasteiger charge is 2.10. The number of furan rings is 1. The number of amides is 3. The van der Waals surface area contributed by atoms with Crippen molar-refractivity contribution in [2.45, 2.75) is 13.0 Å². The first-order valence-electron chi connectivity index (χ1n) is 7.18. The summed E-state index contributed by atoms with van der Waals surface area (Å²) in [6.45, 7) is 2.54. The molecule has 1 aromatic heterocycles. The zero-order valence-corrected chi connectivity index (χ0v) is 14.2. The van der Waals surface area contributed by atoms with Crippen LogP contribution in [0.1, 0.15) is 29.1 Å². The Kier molecular flexibility index (Phi) is 6.22. The first-order chi connectivity index (χ1) is 11.1. The van der Waals surface area contributed by atoms with Crippen molar-refractivity contribution in [1.29, 1.82) is 0 Å². The summed E-state index contributed by atoms with van der Waals surface area (Å²) in [4.78, 5) is 23.4. The summed E-state index contributed by atoms with van der Waals surface area (Å²) >= 11 is 3.40. The summed E-state index contributed by atoms with van der Waals surface area (Å²) in [5.41, 5.74) is 1.00. The van der Waals surface area contributed by atoms with Crippen LogP contribution in [0, 0.1) is 0 Å². The van der Waals surface area contributed by atoms with Crippen LogP contribution in [0.25, 0.3) is 0 Å². The molecule has 3 amide bonds. The van der Waals surface area contributed by atoms with E-state index in [1.165, 1.54) is 6.26 Å². The number of carbonyl (C=O) groups excluding carboxylic acids is 2. The Hall–Kier alpha value is -2.28. The van der Waals surface area contributed by atoms with Crippen LogP contribution in [0.15, 0.2) is 51.6 Å². The van der Waals surface area contributed by atoms with Crippen molar-refractivity contribution in [3.63, 3.8) is 0 Å². The molecule has 0 aliphatic carbocycles. The van der Waals surface area contributed by atoms with Crippen molar-refractivity contribution in [2.75, 3.05) is 13.1 Å². The SMILES string of the molecule is CC(NC(=O)NCCNC(=O)c1ccco1)c1cccc(Br)c1. The smallest absolute Gasteiger partial charge is 0.315 e. The fraction of sp³-hybridized carbons (Fsp3) is 0.250. The Morgan fingerprint density at radius 3 is 2.65 bits per heavy atom. The fourth-order valence-corrected chi connectivity index (χ4v) is 2.37. The molecule has 0 spiro atoms. The minimum Gasteiger partial charge on any atom is -0.459 e. The molecule has 0 aliphatic heterocycles. The van der Waals surface area contributed by atoms with Gasteiger partial charge in [0.1, 0.15) is 0 Å². The molecule has 122 valence electrons. The molecule has 0 saturated carbocycles. The number of halogens is 1. The average molecular weight is 380 g/mol. The summed E-state index contributed by atoms with van der Waals surface area (Å²) in [5, 5.41) is 8.18. The Morgan fingerprint density at radius 1 is 1.17 bits per heavy atom. The van der Waals surface area contributed by atoms with Gasteiger partial charge in [-0.25, -0.2) is 4.79 Å². The van der Waals surface area contributed by atoms with Crippen molar-refractivity contribution >= 4 is 27.9 Å². The van der Waals surface area contributed by atoms with Gasteiger partial charge in [-0.05, 0) is 36.8 Å². The van der Waals surface area contributed by atoms with E-state index >= 15 is 0 Å². The topological polar surface area (TPSA) is 83.4 Å². The van der Waals surface area contributed by atoms with Gasteiger partial charge in [-0.3, -0.25) is 4.79 Å². The molecule has 0 aliphatic rings. The van der Waals surface area contributed by atoms with Gasteiger partial charge in [0.25, 0.3) is 5.91 Å².